The van der Waals surface area contributed by atoms with Gasteiger partial charge in [0.2, 0.25) is 0 Å². The van der Waals surface area contributed by atoms with E-state index in [9.17, 15) is 70.2 Å². The Kier molecular flexibility index (Phi) is 7.11. The average molecular weight is 592 g/mol. The van der Waals surface area contributed by atoms with Crippen LogP contribution in [-0.4, -0.2) is 45.9 Å². The quantitative estimate of drug-likeness (QED) is 0.244. The molecule has 0 aromatic heterocycles. The Bertz CT molecular complexity index is 562. The molecule has 2 atom stereocenters. The lowest BCUT2D eigenvalue weighted by atomic mass is 10.2. The maximum Gasteiger partial charge on any atom is 0.462 e. The highest BCUT2D eigenvalue weighted by Gasteiger charge is 2.84. The van der Waals surface area contributed by atoms with Crippen LogP contribution in [0.1, 0.15) is 0 Å². The van der Waals surface area contributed by atoms with Crippen LogP contribution in [0.3, 0.4) is 0 Å². The van der Waals surface area contributed by atoms with Crippen molar-refractivity contribution in [1.82, 2.24) is 0 Å². The largest absolute Gasteiger partial charge is 0.462 e. The highest BCUT2D eigenvalue weighted by atomic mass is 79.9. The summed E-state index contributed by atoms with van der Waals surface area (Å²) in [5.74, 6) is -15.4. The van der Waals surface area contributed by atoms with Crippen molar-refractivity contribution in [2.45, 2.75) is 45.9 Å². The molecule has 0 saturated heterocycles. The second kappa shape index (κ2) is 7.17. The topological polar surface area (TPSA) is 18.5 Å². The van der Waals surface area contributed by atoms with E-state index < -0.39 is 45.9 Å². The number of rotatable bonds is 7. The van der Waals surface area contributed by atoms with E-state index in [4.69, 9.17) is 0 Å². The third-order valence-corrected chi connectivity index (χ3v) is 4.02. The third kappa shape index (κ3) is 4.90. The van der Waals surface area contributed by atoms with Gasteiger partial charge in [-0.25, -0.2) is 0 Å². The van der Waals surface area contributed by atoms with Crippen LogP contribution in [-0.2, 0) is 9.47 Å². The van der Waals surface area contributed by atoms with Crippen LogP contribution >= 0.6 is 31.9 Å². The van der Waals surface area contributed by atoms with Gasteiger partial charge in [-0.3, -0.25) is 9.47 Å². The number of hydrogen-bond donors (Lipinski definition) is 0. The molecule has 0 saturated carbocycles. The molecule has 20 heteroatoms. The molecule has 2 unspecified atom stereocenters. The fourth-order valence-corrected chi connectivity index (χ4v) is 1.26. The number of alkyl halides is 18. The predicted molar refractivity (Wildman–Crippen MR) is 59.6 cm³/mol. The molecule has 0 spiro atoms. The first-order chi connectivity index (χ1) is 11.7. The number of hydrogen-bond acceptors (Lipinski definition) is 2. The Labute approximate surface area is 158 Å². The second-order valence-corrected chi connectivity index (χ2v) is 6.43. The van der Waals surface area contributed by atoms with Crippen molar-refractivity contribution in [2.24, 2.45) is 0 Å². The van der Waals surface area contributed by atoms with Gasteiger partial charge in [0, 0.05) is 0 Å². The minimum Gasteiger partial charge on any atom is -0.262 e. The zero-order valence-electron chi connectivity index (χ0n) is 11.6. The Hall–Kier alpha value is -0.240. The van der Waals surface area contributed by atoms with E-state index >= 15 is 0 Å². The summed E-state index contributed by atoms with van der Waals surface area (Å²) in [6.45, 7) is 0. The van der Waals surface area contributed by atoms with Crippen LogP contribution in [0.25, 0.3) is 0 Å². The lowest BCUT2D eigenvalue weighted by Crippen LogP contribution is -2.66. The molecule has 2 nitrogen and oxygen atoms in total. The SMILES string of the molecule is FC(F)(F)C(F)(F)C(F)(F)OC(F)(C(F)(F)F)C(F)(F)OC(F)(Br)C(F)(F)Br. The van der Waals surface area contributed by atoms with Crippen LogP contribution in [0, 0.1) is 0 Å². The van der Waals surface area contributed by atoms with Gasteiger partial charge in [-0.15, -0.1) is 0 Å². The molecule has 0 fully saturated rings. The molecule has 0 aromatic rings. The summed E-state index contributed by atoms with van der Waals surface area (Å²) in [5, 5.41) is 0. The highest BCUT2D eigenvalue weighted by molar-refractivity contribution is 9.12. The molecular weight excluding hydrogens is 592 g/mol. The van der Waals surface area contributed by atoms with Gasteiger partial charge in [0.05, 0.1) is 0 Å². The molecule has 0 heterocycles. The molecule has 0 rings (SSSR count). The zero-order chi connectivity index (χ0) is 23.4. The molecule has 0 aromatic carbocycles. The van der Waals surface area contributed by atoms with Gasteiger partial charge in [-0.05, 0) is 31.9 Å². The van der Waals surface area contributed by atoms with Crippen LogP contribution in [0.15, 0.2) is 0 Å². The molecule has 0 aliphatic rings. The van der Waals surface area contributed by atoms with E-state index in [1.54, 1.807) is 0 Å². The van der Waals surface area contributed by atoms with Gasteiger partial charge in [0.15, 0.2) is 0 Å². The molecule has 28 heavy (non-hydrogen) atoms. The summed E-state index contributed by atoms with van der Waals surface area (Å²) in [6.07, 6.45) is -30.2. The van der Waals surface area contributed by atoms with E-state index in [2.05, 4.69) is 4.74 Å². The maximum absolute atomic E-state index is 13.6. The summed E-state index contributed by atoms with van der Waals surface area (Å²) in [7, 11) is 0. The van der Waals surface area contributed by atoms with Crippen molar-refractivity contribution in [3.05, 3.63) is 0 Å². The van der Waals surface area contributed by atoms with Gasteiger partial charge in [-0.2, -0.15) is 70.2 Å². The van der Waals surface area contributed by atoms with E-state index in [0.717, 1.165) is 31.9 Å². The van der Waals surface area contributed by atoms with Crippen LogP contribution < -0.4 is 0 Å². The van der Waals surface area contributed by atoms with Crippen molar-refractivity contribution in [2.75, 3.05) is 0 Å². The standard InChI is InChI=1S/C8Br2F16O2/c9-3(14,15)4(10,16)28-8(25,26)2(13,6(20,21)22)27-7(23,24)1(11,12)5(17,18)19. The van der Waals surface area contributed by atoms with Crippen molar-refractivity contribution >= 4 is 31.9 Å². The lowest BCUT2D eigenvalue weighted by molar-refractivity contribution is -0.541. The predicted octanol–water partition coefficient (Wildman–Crippen LogP) is 6.64. The highest BCUT2D eigenvalue weighted by Crippen LogP contribution is 2.57. The fraction of sp³-hybridized carbons (Fsp3) is 1.00. The monoisotopic (exact) mass is 590 g/mol. The van der Waals surface area contributed by atoms with E-state index in [1.807, 2.05) is 0 Å². The van der Waals surface area contributed by atoms with Gasteiger partial charge in [0.1, 0.15) is 0 Å². The Balaban J connectivity index is 6.38. The smallest absolute Gasteiger partial charge is 0.262 e. The Morgan fingerprint density at radius 1 is 0.464 bits per heavy atom. The number of halogens is 18. The van der Waals surface area contributed by atoms with Crippen LogP contribution in [0.5, 0.6) is 0 Å². The van der Waals surface area contributed by atoms with Crippen molar-refractivity contribution in [1.29, 1.82) is 0 Å². The zero-order valence-corrected chi connectivity index (χ0v) is 14.8. The molecule has 0 aliphatic carbocycles. The molecule has 0 amide bonds. The van der Waals surface area contributed by atoms with Crippen molar-refractivity contribution in [3.63, 3.8) is 0 Å². The van der Waals surface area contributed by atoms with Gasteiger partial charge in [-0.1, -0.05) is 0 Å². The molecule has 0 N–H and O–H groups in total. The first-order valence-electron chi connectivity index (χ1n) is 5.47. The summed E-state index contributed by atoms with van der Waals surface area (Å²) in [6, 6.07) is 0. The second-order valence-electron chi connectivity index (χ2n) is 4.42. The number of ether oxygens (including phenoxy) is 2. The normalized spacial score (nSPS) is 19.9. The lowest BCUT2D eigenvalue weighted by Gasteiger charge is -2.39. The van der Waals surface area contributed by atoms with E-state index in [1.165, 1.54) is 4.74 Å². The maximum atomic E-state index is 13.6. The minimum atomic E-state index is -7.72. The summed E-state index contributed by atoms with van der Waals surface area (Å²) in [5.41, 5.74) is 0. The van der Waals surface area contributed by atoms with Crippen molar-refractivity contribution in [3.8, 4) is 0 Å². The van der Waals surface area contributed by atoms with Gasteiger partial charge in [0.25, 0.3) is 0 Å². The molecule has 0 radical (unpaired) electrons. The molecule has 170 valence electrons. The average Bonchev–Trinajstić information content (AvgIpc) is 2.31. The van der Waals surface area contributed by atoms with Gasteiger partial charge >= 0.3 is 45.9 Å². The van der Waals surface area contributed by atoms with Crippen molar-refractivity contribution < 1.29 is 79.7 Å². The Morgan fingerprint density at radius 2 is 0.821 bits per heavy atom. The first-order valence-corrected chi connectivity index (χ1v) is 7.05. The molecule has 0 aliphatic heterocycles. The van der Waals surface area contributed by atoms with Crippen LogP contribution in [0.2, 0.25) is 0 Å². The summed E-state index contributed by atoms with van der Waals surface area (Å²) in [4.78, 5) is -5.45. The fourth-order valence-electron chi connectivity index (χ4n) is 0.972. The third-order valence-electron chi connectivity index (χ3n) is 2.32. The Morgan fingerprint density at radius 3 is 1.07 bits per heavy atom. The van der Waals surface area contributed by atoms with Gasteiger partial charge < -0.3 is 0 Å². The molecular formula is C8Br2F16O2. The molecule has 0 bridgehead atoms. The summed E-state index contributed by atoms with van der Waals surface area (Å²) >= 11 is 1.79. The minimum absolute atomic E-state index is 0.877. The van der Waals surface area contributed by atoms with Crippen LogP contribution in [0.4, 0.5) is 70.2 Å². The van der Waals surface area contributed by atoms with E-state index in [-0.39, 0.29) is 0 Å². The first kappa shape index (κ1) is 27.8. The summed E-state index contributed by atoms with van der Waals surface area (Å²) < 4.78 is 200. The van der Waals surface area contributed by atoms with E-state index in [0.29, 0.717) is 0 Å².